The van der Waals surface area contributed by atoms with Gasteiger partial charge in [-0.2, -0.15) is 0 Å². The van der Waals surface area contributed by atoms with Gasteiger partial charge in [-0.3, -0.25) is 4.98 Å². The predicted octanol–water partition coefficient (Wildman–Crippen LogP) is 4.47. The molecule has 6 heteroatoms. The SMILES string of the molecule is C[C@@H]1CCc2c(sc3nc(-c4cccnc4)nc(NC[C@H]4CCCO4)c23)C1. The molecular weight excluding hydrogens is 356 g/mol. The van der Waals surface area contributed by atoms with Gasteiger partial charge in [-0.25, -0.2) is 9.97 Å². The number of pyridine rings is 1. The van der Waals surface area contributed by atoms with Crippen LogP contribution in [0.2, 0.25) is 0 Å². The largest absolute Gasteiger partial charge is 0.376 e. The van der Waals surface area contributed by atoms with E-state index in [-0.39, 0.29) is 6.10 Å². The maximum atomic E-state index is 5.80. The van der Waals surface area contributed by atoms with E-state index in [2.05, 4.69) is 17.2 Å². The Hall–Kier alpha value is -2.05. The smallest absolute Gasteiger partial charge is 0.164 e. The van der Waals surface area contributed by atoms with Crippen molar-refractivity contribution in [1.29, 1.82) is 0 Å². The van der Waals surface area contributed by atoms with E-state index in [4.69, 9.17) is 14.7 Å². The summed E-state index contributed by atoms with van der Waals surface area (Å²) in [6.07, 6.45) is 9.70. The summed E-state index contributed by atoms with van der Waals surface area (Å²) in [6, 6.07) is 3.96. The number of nitrogens with zero attached hydrogens (tertiary/aromatic N) is 3. The predicted molar refractivity (Wildman–Crippen MR) is 109 cm³/mol. The summed E-state index contributed by atoms with van der Waals surface area (Å²) in [4.78, 5) is 16.7. The van der Waals surface area contributed by atoms with E-state index >= 15 is 0 Å². The molecule has 2 aliphatic rings. The minimum Gasteiger partial charge on any atom is -0.376 e. The molecule has 5 rings (SSSR count). The number of rotatable bonds is 4. The van der Waals surface area contributed by atoms with E-state index in [1.165, 1.54) is 22.2 Å². The van der Waals surface area contributed by atoms with Crippen LogP contribution in [0.25, 0.3) is 21.6 Å². The van der Waals surface area contributed by atoms with E-state index in [1.54, 1.807) is 6.20 Å². The Morgan fingerprint density at radius 2 is 2.26 bits per heavy atom. The molecule has 1 fully saturated rings. The first-order valence-corrected chi connectivity index (χ1v) is 10.7. The van der Waals surface area contributed by atoms with Gasteiger partial charge in [0.2, 0.25) is 0 Å². The van der Waals surface area contributed by atoms with Gasteiger partial charge in [0.15, 0.2) is 5.82 Å². The van der Waals surface area contributed by atoms with E-state index in [9.17, 15) is 0 Å². The second-order valence-corrected chi connectivity index (χ2v) is 8.77. The molecule has 5 nitrogen and oxygen atoms in total. The van der Waals surface area contributed by atoms with E-state index in [0.717, 1.165) is 66.8 Å². The molecule has 1 saturated heterocycles. The number of nitrogens with one attached hydrogen (secondary N) is 1. The molecule has 0 amide bonds. The fourth-order valence-corrected chi connectivity index (χ4v) is 5.49. The molecule has 0 radical (unpaired) electrons. The second-order valence-electron chi connectivity index (χ2n) is 7.69. The van der Waals surface area contributed by atoms with E-state index in [1.807, 2.05) is 29.7 Å². The third-order valence-corrected chi connectivity index (χ3v) is 6.74. The molecule has 0 saturated carbocycles. The van der Waals surface area contributed by atoms with Crippen molar-refractivity contribution in [2.75, 3.05) is 18.5 Å². The van der Waals surface area contributed by atoms with Crippen molar-refractivity contribution < 1.29 is 4.74 Å². The lowest BCUT2D eigenvalue weighted by molar-refractivity contribution is 0.120. The lowest BCUT2D eigenvalue weighted by atomic mass is 9.89. The van der Waals surface area contributed by atoms with Crippen molar-refractivity contribution in [3.8, 4) is 11.4 Å². The Kier molecular flexibility index (Phi) is 4.53. The molecule has 0 bridgehead atoms. The Morgan fingerprint density at radius 3 is 3.07 bits per heavy atom. The molecule has 140 valence electrons. The summed E-state index contributed by atoms with van der Waals surface area (Å²) in [5.41, 5.74) is 2.42. The van der Waals surface area contributed by atoms with Crippen LogP contribution in [-0.4, -0.2) is 34.2 Å². The van der Waals surface area contributed by atoms with Gasteiger partial charge in [-0.1, -0.05) is 6.92 Å². The van der Waals surface area contributed by atoms with Gasteiger partial charge in [-0.15, -0.1) is 11.3 Å². The number of fused-ring (bicyclic) bond motifs is 3. The topological polar surface area (TPSA) is 59.9 Å². The van der Waals surface area contributed by atoms with Crippen molar-refractivity contribution in [2.24, 2.45) is 5.92 Å². The number of aromatic nitrogens is 3. The molecule has 0 aromatic carbocycles. The van der Waals surface area contributed by atoms with Gasteiger partial charge in [0, 0.05) is 36.0 Å². The molecule has 27 heavy (non-hydrogen) atoms. The molecule has 1 N–H and O–H groups in total. The molecule has 3 aromatic heterocycles. The molecule has 3 aromatic rings. The Morgan fingerprint density at radius 1 is 1.30 bits per heavy atom. The molecule has 1 aliphatic heterocycles. The van der Waals surface area contributed by atoms with Crippen LogP contribution in [0.5, 0.6) is 0 Å². The van der Waals surface area contributed by atoms with E-state index in [0.29, 0.717) is 0 Å². The van der Waals surface area contributed by atoms with Crippen LogP contribution in [0.1, 0.15) is 36.6 Å². The Balaban J connectivity index is 1.59. The summed E-state index contributed by atoms with van der Waals surface area (Å²) in [6.45, 7) is 4.02. The summed E-state index contributed by atoms with van der Waals surface area (Å²) >= 11 is 1.84. The first-order chi connectivity index (χ1) is 13.3. The average molecular weight is 381 g/mol. The second kappa shape index (κ2) is 7.17. The fourth-order valence-electron chi connectivity index (χ4n) is 4.11. The van der Waals surface area contributed by atoms with Gasteiger partial charge in [-0.05, 0) is 55.7 Å². The van der Waals surface area contributed by atoms with Crippen molar-refractivity contribution in [3.05, 3.63) is 35.0 Å². The Labute approximate surface area is 163 Å². The van der Waals surface area contributed by atoms with Crippen LogP contribution in [0.4, 0.5) is 5.82 Å². The lowest BCUT2D eigenvalue weighted by Crippen LogP contribution is -2.19. The third-order valence-electron chi connectivity index (χ3n) is 5.60. The minimum atomic E-state index is 0.284. The van der Waals surface area contributed by atoms with Gasteiger partial charge in [0.25, 0.3) is 0 Å². The Bertz CT molecular complexity index is 950. The summed E-state index contributed by atoms with van der Waals surface area (Å²) in [5.74, 6) is 2.46. The number of thiophene rings is 1. The average Bonchev–Trinajstić information content (AvgIpc) is 3.33. The number of ether oxygens (including phenoxy) is 1. The molecular formula is C21H24N4OS. The van der Waals surface area contributed by atoms with Gasteiger partial charge in [0.05, 0.1) is 11.5 Å². The highest BCUT2D eigenvalue weighted by atomic mass is 32.1. The number of hydrogen-bond donors (Lipinski definition) is 1. The molecule has 4 heterocycles. The first-order valence-electron chi connectivity index (χ1n) is 9.86. The third kappa shape index (κ3) is 3.32. The van der Waals surface area contributed by atoms with E-state index < -0.39 is 0 Å². The van der Waals surface area contributed by atoms with Gasteiger partial charge < -0.3 is 10.1 Å². The quantitative estimate of drug-likeness (QED) is 0.724. The number of anilines is 1. The van der Waals surface area contributed by atoms with Crippen LogP contribution in [0, 0.1) is 5.92 Å². The monoisotopic (exact) mass is 380 g/mol. The summed E-state index contributed by atoms with van der Waals surface area (Å²) in [5, 5.41) is 4.83. The van der Waals surface area contributed by atoms with Crippen molar-refractivity contribution in [1.82, 2.24) is 15.0 Å². The van der Waals surface area contributed by atoms with Crippen molar-refractivity contribution in [3.63, 3.8) is 0 Å². The standard InChI is InChI=1S/C21H24N4OS/c1-13-6-7-16-17(10-13)27-21-18(16)20(23-12-15-5-3-9-26-15)24-19(25-21)14-4-2-8-22-11-14/h2,4,8,11,13,15H,3,5-7,9-10,12H2,1H3,(H,23,24,25)/t13-,15-/m1/s1. The zero-order valence-electron chi connectivity index (χ0n) is 15.6. The fraction of sp³-hybridized carbons (Fsp3) is 0.476. The van der Waals surface area contributed by atoms with Gasteiger partial charge in [0.1, 0.15) is 10.6 Å². The van der Waals surface area contributed by atoms with Gasteiger partial charge >= 0.3 is 0 Å². The number of hydrogen-bond acceptors (Lipinski definition) is 6. The van der Waals surface area contributed by atoms with Crippen LogP contribution >= 0.6 is 11.3 Å². The zero-order valence-corrected chi connectivity index (χ0v) is 16.4. The first kappa shape index (κ1) is 17.1. The van der Waals surface area contributed by atoms with Crippen LogP contribution in [-0.2, 0) is 17.6 Å². The molecule has 0 spiro atoms. The number of aryl methyl sites for hydroxylation is 1. The summed E-state index contributed by atoms with van der Waals surface area (Å²) < 4.78 is 5.80. The summed E-state index contributed by atoms with van der Waals surface area (Å²) in [7, 11) is 0. The highest BCUT2D eigenvalue weighted by Crippen LogP contribution is 2.40. The van der Waals surface area contributed by atoms with Crippen molar-refractivity contribution >= 4 is 27.4 Å². The zero-order chi connectivity index (χ0) is 18.2. The normalized spacial score (nSPS) is 22.1. The molecule has 2 atom stereocenters. The lowest BCUT2D eigenvalue weighted by Gasteiger charge is -2.19. The maximum Gasteiger partial charge on any atom is 0.164 e. The highest BCUT2D eigenvalue weighted by molar-refractivity contribution is 7.19. The van der Waals surface area contributed by atoms with Crippen molar-refractivity contribution in [2.45, 2.75) is 45.1 Å². The minimum absolute atomic E-state index is 0.284. The highest BCUT2D eigenvalue weighted by Gasteiger charge is 2.25. The molecule has 1 aliphatic carbocycles. The van der Waals surface area contributed by atoms with Crippen LogP contribution < -0.4 is 5.32 Å². The van der Waals surface area contributed by atoms with Crippen LogP contribution in [0.3, 0.4) is 0 Å². The van der Waals surface area contributed by atoms with Crippen LogP contribution in [0.15, 0.2) is 24.5 Å². The maximum absolute atomic E-state index is 5.80. The molecule has 0 unspecified atom stereocenters.